The SMILES string of the molecule is COc1ccc(OC)c(-c2cnc(CNN(C)C)s2)c1. The molecule has 6 heteroatoms. The maximum absolute atomic E-state index is 5.41. The number of methoxy groups -OCH3 is 2. The molecule has 0 aliphatic rings. The Morgan fingerprint density at radius 1 is 1.25 bits per heavy atom. The number of nitrogens with one attached hydrogen (secondary N) is 1. The Labute approximate surface area is 123 Å². The average Bonchev–Trinajstić information content (AvgIpc) is 2.93. The van der Waals surface area contributed by atoms with Gasteiger partial charge in [0, 0.05) is 25.9 Å². The summed E-state index contributed by atoms with van der Waals surface area (Å²) in [5, 5.41) is 2.94. The Hall–Kier alpha value is -1.63. The van der Waals surface area contributed by atoms with Crippen molar-refractivity contribution >= 4 is 11.3 Å². The monoisotopic (exact) mass is 293 g/mol. The second kappa shape index (κ2) is 6.69. The van der Waals surface area contributed by atoms with Gasteiger partial charge in [-0.1, -0.05) is 0 Å². The minimum absolute atomic E-state index is 0.712. The van der Waals surface area contributed by atoms with Crippen LogP contribution >= 0.6 is 11.3 Å². The summed E-state index contributed by atoms with van der Waals surface area (Å²) in [6, 6.07) is 5.76. The molecule has 1 aromatic heterocycles. The molecule has 0 spiro atoms. The van der Waals surface area contributed by atoms with Gasteiger partial charge in [0.25, 0.3) is 0 Å². The third kappa shape index (κ3) is 3.47. The van der Waals surface area contributed by atoms with E-state index in [9.17, 15) is 0 Å². The molecule has 0 fully saturated rings. The Morgan fingerprint density at radius 2 is 2.05 bits per heavy atom. The molecule has 0 aliphatic carbocycles. The van der Waals surface area contributed by atoms with E-state index in [1.54, 1.807) is 25.6 Å². The summed E-state index contributed by atoms with van der Waals surface area (Å²) < 4.78 is 10.7. The largest absolute Gasteiger partial charge is 0.497 e. The van der Waals surface area contributed by atoms with E-state index in [1.807, 2.05) is 43.5 Å². The minimum Gasteiger partial charge on any atom is -0.497 e. The topological polar surface area (TPSA) is 46.6 Å². The van der Waals surface area contributed by atoms with Crippen LogP contribution in [-0.2, 0) is 6.54 Å². The van der Waals surface area contributed by atoms with Crippen LogP contribution in [0.1, 0.15) is 5.01 Å². The van der Waals surface area contributed by atoms with Crippen molar-refractivity contribution < 1.29 is 9.47 Å². The van der Waals surface area contributed by atoms with Gasteiger partial charge in [-0.25, -0.2) is 10.4 Å². The van der Waals surface area contributed by atoms with Gasteiger partial charge in [0.1, 0.15) is 16.5 Å². The van der Waals surface area contributed by atoms with E-state index in [2.05, 4.69) is 10.4 Å². The van der Waals surface area contributed by atoms with Gasteiger partial charge in [-0.05, 0) is 18.2 Å². The molecule has 0 unspecified atom stereocenters. The minimum atomic E-state index is 0.712. The Bertz CT molecular complexity index is 569. The van der Waals surface area contributed by atoms with Crippen LogP contribution < -0.4 is 14.9 Å². The molecular weight excluding hydrogens is 274 g/mol. The molecule has 0 radical (unpaired) electrons. The van der Waals surface area contributed by atoms with Crippen LogP contribution in [0.2, 0.25) is 0 Å². The van der Waals surface area contributed by atoms with Crippen LogP contribution in [0.5, 0.6) is 11.5 Å². The summed E-state index contributed by atoms with van der Waals surface area (Å²) in [6.07, 6.45) is 1.87. The van der Waals surface area contributed by atoms with Gasteiger partial charge >= 0.3 is 0 Å². The van der Waals surface area contributed by atoms with Crippen molar-refractivity contribution in [3.63, 3.8) is 0 Å². The van der Waals surface area contributed by atoms with Crippen LogP contribution in [0, 0.1) is 0 Å². The van der Waals surface area contributed by atoms with Crippen molar-refractivity contribution in [1.82, 2.24) is 15.4 Å². The second-order valence-corrected chi connectivity index (χ2v) is 5.53. The molecule has 0 saturated carbocycles. The summed E-state index contributed by atoms with van der Waals surface area (Å²) >= 11 is 1.64. The Balaban J connectivity index is 2.26. The summed E-state index contributed by atoms with van der Waals surface area (Å²) in [5.74, 6) is 1.63. The highest BCUT2D eigenvalue weighted by Gasteiger charge is 2.11. The maximum atomic E-state index is 5.41. The molecule has 0 amide bonds. The molecule has 0 bridgehead atoms. The fourth-order valence-electron chi connectivity index (χ4n) is 1.75. The van der Waals surface area contributed by atoms with Gasteiger partial charge in [-0.2, -0.15) is 0 Å². The summed E-state index contributed by atoms with van der Waals surface area (Å²) in [6.45, 7) is 0.712. The lowest BCUT2D eigenvalue weighted by Gasteiger charge is -2.09. The quantitative estimate of drug-likeness (QED) is 0.829. The molecule has 1 heterocycles. The number of hydrogen-bond acceptors (Lipinski definition) is 6. The van der Waals surface area contributed by atoms with E-state index in [0.29, 0.717) is 6.54 Å². The average molecular weight is 293 g/mol. The smallest absolute Gasteiger partial charge is 0.127 e. The first kappa shape index (κ1) is 14.8. The predicted molar refractivity (Wildman–Crippen MR) is 81.2 cm³/mol. The highest BCUT2D eigenvalue weighted by molar-refractivity contribution is 7.15. The van der Waals surface area contributed by atoms with Crippen LogP contribution in [0.3, 0.4) is 0 Å². The summed E-state index contributed by atoms with van der Waals surface area (Å²) in [4.78, 5) is 5.49. The van der Waals surface area contributed by atoms with Crippen LogP contribution in [0.15, 0.2) is 24.4 Å². The van der Waals surface area contributed by atoms with Crippen molar-refractivity contribution in [1.29, 1.82) is 0 Å². The number of rotatable bonds is 6. The number of hydrazine groups is 1. The molecule has 20 heavy (non-hydrogen) atoms. The van der Waals surface area contributed by atoms with Gasteiger partial charge in [0.2, 0.25) is 0 Å². The van der Waals surface area contributed by atoms with Gasteiger partial charge in [0.05, 0.1) is 25.6 Å². The first-order valence-electron chi connectivity index (χ1n) is 6.22. The van der Waals surface area contributed by atoms with Crippen molar-refractivity contribution in [3.8, 4) is 21.9 Å². The van der Waals surface area contributed by atoms with Gasteiger partial charge < -0.3 is 9.47 Å². The fourth-order valence-corrected chi connectivity index (χ4v) is 2.62. The lowest BCUT2D eigenvalue weighted by molar-refractivity contribution is 0.286. The van der Waals surface area contributed by atoms with Crippen molar-refractivity contribution in [2.24, 2.45) is 0 Å². The number of aromatic nitrogens is 1. The standard InChI is InChI=1S/C14H19N3O2S/c1-17(2)16-9-14-15-8-13(20-14)11-7-10(18-3)5-6-12(11)19-4/h5-8,16H,9H2,1-4H3. The Morgan fingerprint density at radius 3 is 2.70 bits per heavy atom. The van der Waals surface area contributed by atoms with Crippen LogP contribution in [-0.4, -0.2) is 38.3 Å². The maximum Gasteiger partial charge on any atom is 0.127 e. The molecule has 0 aliphatic heterocycles. The van der Waals surface area contributed by atoms with Crippen LogP contribution in [0.25, 0.3) is 10.4 Å². The zero-order chi connectivity index (χ0) is 14.5. The van der Waals surface area contributed by atoms with E-state index >= 15 is 0 Å². The lowest BCUT2D eigenvalue weighted by Crippen LogP contribution is -2.29. The van der Waals surface area contributed by atoms with Gasteiger partial charge in [-0.15, -0.1) is 11.3 Å². The number of nitrogens with zero attached hydrogens (tertiary/aromatic N) is 2. The van der Waals surface area contributed by atoms with E-state index < -0.39 is 0 Å². The number of ether oxygens (including phenoxy) is 2. The third-order valence-electron chi connectivity index (χ3n) is 2.77. The zero-order valence-corrected chi connectivity index (χ0v) is 13.0. The number of hydrogen-bond donors (Lipinski definition) is 1. The van der Waals surface area contributed by atoms with Gasteiger partial charge in [0.15, 0.2) is 0 Å². The zero-order valence-electron chi connectivity index (χ0n) is 12.1. The molecule has 1 aromatic carbocycles. The lowest BCUT2D eigenvalue weighted by atomic mass is 10.1. The van der Waals surface area contributed by atoms with Gasteiger partial charge in [-0.3, -0.25) is 5.01 Å². The summed E-state index contributed by atoms with van der Waals surface area (Å²) in [7, 11) is 7.24. The number of thiazole rings is 1. The van der Waals surface area contributed by atoms with E-state index in [4.69, 9.17) is 9.47 Å². The van der Waals surface area contributed by atoms with Crippen molar-refractivity contribution in [2.75, 3.05) is 28.3 Å². The highest BCUT2D eigenvalue weighted by atomic mass is 32.1. The first-order valence-corrected chi connectivity index (χ1v) is 7.03. The third-order valence-corrected chi connectivity index (χ3v) is 3.80. The molecule has 2 aromatic rings. The molecule has 5 nitrogen and oxygen atoms in total. The molecular formula is C14H19N3O2S. The van der Waals surface area contributed by atoms with E-state index in [0.717, 1.165) is 26.9 Å². The number of benzene rings is 1. The van der Waals surface area contributed by atoms with Crippen LogP contribution in [0.4, 0.5) is 0 Å². The molecule has 0 atom stereocenters. The van der Waals surface area contributed by atoms with Crippen molar-refractivity contribution in [2.45, 2.75) is 6.54 Å². The first-order chi connectivity index (χ1) is 9.63. The second-order valence-electron chi connectivity index (χ2n) is 4.41. The normalized spacial score (nSPS) is 10.8. The van der Waals surface area contributed by atoms with Crippen molar-refractivity contribution in [3.05, 3.63) is 29.4 Å². The van der Waals surface area contributed by atoms with E-state index in [1.165, 1.54) is 0 Å². The molecule has 108 valence electrons. The molecule has 2 rings (SSSR count). The molecule has 1 N–H and O–H groups in total. The highest BCUT2D eigenvalue weighted by Crippen LogP contribution is 2.36. The molecule has 0 saturated heterocycles. The predicted octanol–water partition coefficient (Wildman–Crippen LogP) is 2.39. The fraction of sp³-hybridized carbons (Fsp3) is 0.357. The Kier molecular flexibility index (Phi) is 4.94. The van der Waals surface area contributed by atoms with E-state index in [-0.39, 0.29) is 0 Å². The summed E-state index contributed by atoms with van der Waals surface area (Å²) in [5.41, 5.74) is 4.20.